The SMILES string of the molecule is CCC(Br)CCc1ccn(C)n1. The normalized spacial score (nSPS) is 13.2. The molecule has 1 rings (SSSR count). The van der Waals surface area contributed by atoms with Crippen molar-refractivity contribution in [1.29, 1.82) is 0 Å². The van der Waals surface area contributed by atoms with Gasteiger partial charge in [-0.05, 0) is 25.3 Å². The monoisotopic (exact) mass is 230 g/mol. The summed E-state index contributed by atoms with van der Waals surface area (Å²) in [7, 11) is 1.95. The second-order valence-electron chi connectivity index (χ2n) is 3.02. The molecule has 2 nitrogen and oxygen atoms in total. The summed E-state index contributed by atoms with van der Waals surface area (Å²) in [5, 5.41) is 4.31. The van der Waals surface area contributed by atoms with Gasteiger partial charge in [0.05, 0.1) is 5.69 Å². The van der Waals surface area contributed by atoms with Gasteiger partial charge in [-0.1, -0.05) is 22.9 Å². The van der Waals surface area contributed by atoms with Gasteiger partial charge in [0, 0.05) is 18.1 Å². The Morgan fingerprint density at radius 1 is 1.67 bits per heavy atom. The second kappa shape index (κ2) is 4.65. The Labute approximate surface area is 82.1 Å². The summed E-state index contributed by atoms with van der Waals surface area (Å²) in [6.07, 6.45) is 5.43. The molecule has 0 saturated heterocycles. The average Bonchev–Trinajstić information content (AvgIpc) is 2.47. The first-order valence-corrected chi connectivity index (χ1v) is 5.26. The smallest absolute Gasteiger partial charge is 0.0624 e. The van der Waals surface area contributed by atoms with Crippen molar-refractivity contribution >= 4 is 15.9 Å². The van der Waals surface area contributed by atoms with Crippen LogP contribution < -0.4 is 0 Å². The summed E-state index contributed by atoms with van der Waals surface area (Å²) < 4.78 is 1.85. The van der Waals surface area contributed by atoms with Crippen LogP contribution >= 0.6 is 15.9 Å². The van der Waals surface area contributed by atoms with E-state index in [-0.39, 0.29) is 0 Å². The summed E-state index contributed by atoms with van der Waals surface area (Å²) in [6, 6.07) is 2.08. The number of aryl methyl sites for hydroxylation is 2. The lowest BCUT2D eigenvalue weighted by molar-refractivity contribution is 0.698. The van der Waals surface area contributed by atoms with Gasteiger partial charge in [-0.15, -0.1) is 0 Å². The molecule has 0 bridgehead atoms. The number of alkyl halides is 1. The lowest BCUT2D eigenvalue weighted by atomic mass is 10.2. The fraction of sp³-hybridized carbons (Fsp3) is 0.667. The predicted molar refractivity (Wildman–Crippen MR) is 54.5 cm³/mol. The minimum atomic E-state index is 0.638. The Bertz CT molecular complexity index is 232. The van der Waals surface area contributed by atoms with Gasteiger partial charge in [-0.25, -0.2) is 0 Å². The predicted octanol–water partition coefficient (Wildman–Crippen LogP) is 2.53. The van der Waals surface area contributed by atoms with E-state index in [1.165, 1.54) is 18.5 Å². The van der Waals surface area contributed by atoms with Crippen LogP contribution in [-0.2, 0) is 13.5 Å². The number of hydrogen-bond donors (Lipinski definition) is 0. The summed E-state index contributed by atoms with van der Waals surface area (Å²) in [5.74, 6) is 0. The van der Waals surface area contributed by atoms with Crippen molar-refractivity contribution in [3.8, 4) is 0 Å². The number of aromatic nitrogens is 2. The van der Waals surface area contributed by atoms with Gasteiger partial charge >= 0.3 is 0 Å². The molecule has 3 heteroatoms. The zero-order valence-corrected chi connectivity index (χ0v) is 9.21. The summed E-state index contributed by atoms with van der Waals surface area (Å²) in [6.45, 7) is 2.19. The van der Waals surface area contributed by atoms with E-state index in [0.717, 1.165) is 6.42 Å². The van der Waals surface area contributed by atoms with Gasteiger partial charge in [0.2, 0.25) is 0 Å². The summed E-state index contributed by atoms with van der Waals surface area (Å²) >= 11 is 3.61. The molecule has 1 unspecified atom stereocenters. The Balaban J connectivity index is 2.33. The fourth-order valence-electron chi connectivity index (χ4n) is 1.11. The van der Waals surface area contributed by atoms with Crippen LogP contribution in [0.5, 0.6) is 0 Å². The van der Waals surface area contributed by atoms with Gasteiger partial charge < -0.3 is 0 Å². The quantitative estimate of drug-likeness (QED) is 0.728. The Morgan fingerprint density at radius 2 is 2.42 bits per heavy atom. The van der Waals surface area contributed by atoms with Crippen molar-refractivity contribution in [2.45, 2.75) is 31.0 Å². The summed E-state index contributed by atoms with van der Waals surface area (Å²) in [5.41, 5.74) is 1.19. The highest BCUT2D eigenvalue weighted by Gasteiger charge is 2.02. The molecule has 0 aliphatic rings. The van der Waals surface area contributed by atoms with Crippen LogP contribution in [0, 0.1) is 0 Å². The molecule has 0 N–H and O–H groups in total. The van der Waals surface area contributed by atoms with Crippen molar-refractivity contribution in [2.75, 3.05) is 0 Å². The van der Waals surface area contributed by atoms with Crippen LogP contribution in [-0.4, -0.2) is 14.6 Å². The van der Waals surface area contributed by atoms with E-state index in [9.17, 15) is 0 Å². The van der Waals surface area contributed by atoms with Crippen LogP contribution in [0.4, 0.5) is 0 Å². The molecule has 1 atom stereocenters. The molecule has 0 aliphatic heterocycles. The molecule has 68 valence electrons. The highest BCUT2D eigenvalue weighted by atomic mass is 79.9. The highest BCUT2D eigenvalue weighted by molar-refractivity contribution is 9.09. The van der Waals surface area contributed by atoms with Crippen LogP contribution in [0.25, 0.3) is 0 Å². The van der Waals surface area contributed by atoms with E-state index in [0.29, 0.717) is 4.83 Å². The lowest BCUT2D eigenvalue weighted by Gasteiger charge is -2.03. The number of halogens is 1. The van der Waals surface area contributed by atoms with E-state index in [2.05, 4.69) is 34.0 Å². The first kappa shape index (κ1) is 9.78. The maximum atomic E-state index is 4.31. The number of hydrogen-bond acceptors (Lipinski definition) is 1. The molecule has 0 saturated carbocycles. The third-order valence-corrected chi connectivity index (χ3v) is 3.03. The van der Waals surface area contributed by atoms with Gasteiger partial charge in [0.25, 0.3) is 0 Å². The van der Waals surface area contributed by atoms with E-state index in [1.807, 2.05) is 17.9 Å². The van der Waals surface area contributed by atoms with E-state index in [1.54, 1.807) is 0 Å². The molecule has 0 aliphatic carbocycles. The Hall–Kier alpha value is -0.310. The Morgan fingerprint density at radius 3 is 2.92 bits per heavy atom. The molecule has 0 fully saturated rings. The van der Waals surface area contributed by atoms with Crippen LogP contribution in [0.1, 0.15) is 25.5 Å². The molecule has 0 aromatic carbocycles. The number of nitrogens with zero attached hydrogens (tertiary/aromatic N) is 2. The maximum Gasteiger partial charge on any atom is 0.0624 e. The van der Waals surface area contributed by atoms with Crippen molar-refractivity contribution < 1.29 is 0 Å². The van der Waals surface area contributed by atoms with E-state index < -0.39 is 0 Å². The van der Waals surface area contributed by atoms with E-state index in [4.69, 9.17) is 0 Å². The summed E-state index contributed by atoms with van der Waals surface area (Å²) in [4.78, 5) is 0.638. The Kier molecular flexibility index (Phi) is 3.79. The molecule has 0 spiro atoms. The third kappa shape index (κ3) is 2.97. The minimum Gasteiger partial charge on any atom is -0.276 e. The largest absolute Gasteiger partial charge is 0.276 e. The fourth-order valence-corrected chi connectivity index (χ4v) is 1.33. The zero-order valence-electron chi connectivity index (χ0n) is 7.63. The molecular formula is C9H15BrN2. The average molecular weight is 231 g/mol. The third-order valence-electron chi connectivity index (χ3n) is 1.93. The lowest BCUT2D eigenvalue weighted by Crippen LogP contribution is -1.99. The topological polar surface area (TPSA) is 17.8 Å². The van der Waals surface area contributed by atoms with Crippen LogP contribution in [0.3, 0.4) is 0 Å². The molecular weight excluding hydrogens is 216 g/mol. The minimum absolute atomic E-state index is 0.638. The highest BCUT2D eigenvalue weighted by Crippen LogP contribution is 2.12. The van der Waals surface area contributed by atoms with Crippen molar-refractivity contribution in [3.05, 3.63) is 18.0 Å². The standard InChI is InChI=1S/C9H15BrN2/c1-3-8(10)4-5-9-6-7-12(2)11-9/h6-8H,3-5H2,1-2H3. The van der Waals surface area contributed by atoms with Gasteiger partial charge in [-0.2, -0.15) is 5.10 Å². The van der Waals surface area contributed by atoms with Crippen molar-refractivity contribution in [3.63, 3.8) is 0 Å². The van der Waals surface area contributed by atoms with Gasteiger partial charge in [-0.3, -0.25) is 4.68 Å². The van der Waals surface area contributed by atoms with Crippen LogP contribution in [0.2, 0.25) is 0 Å². The van der Waals surface area contributed by atoms with Crippen molar-refractivity contribution in [2.24, 2.45) is 7.05 Å². The maximum absolute atomic E-state index is 4.31. The first-order chi connectivity index (χ1) is 5.72. The van der Waals surface area contributed by atoms with Gasteiger partial charge in [0.1, 0.15) is 0 Å². The molecule has 1 aromatic heterocycles. The first-order valence-electron chi connectivity index (χ1n) is 4.35. The molecule has 0 radical (unpaired) electrons. The van der Waals surface area contributed by atoms with Crippen LogP contribution in [0.15, 0.2) is 12.3 Å². The molecule has 1 heterocycles. The van der Waals surface area contributed by atoms with E-state index >= 15 is 0 Å². The zero-order chi connectivity index (χ0) is 8.97. The van der Waals surface area contributed by atoms with Crippen molar-refractivity contribution in [1.82, 2.24) is 9.78 Å². The molecule has 0 amide bonds. The molecule has 1 aromatic rings. The number of rotatable bonds is 4. The van der Waals surface area contributed by atoms with Gasteiger partial charge in [0.15, 0.2) is 0 Å². The molecule has 12 heavy (non-hydrogen) atoms. The second-order valence-corrected chi connectivity index (χ2v) is 4.32.